The van der Waals surface area contributed by atoms with Gasteiger partial charge in [0.2, 0.25) is 0 Å². The molecule has 112 valence electrons. The normalized spacial score (nSPS) is 20.5. The summed E-state index contributed by atoms with van der Waals surface area (Å²) in [5.74, 6) is 0.707. The number of nitrogens with one attached hydrogen (secondary N) is 1. The summed E-state index contributed by atoms with van der Waals surface area (Å²) in [6, 6.07) is 7.14. The second-order valence-electron chi connectivity index (χ2n) is 6.14. The van der Waals surface area contributed by atoms with E-state index in [1.807, 2.05) is 12.1 Å². The lowest BCUT2D eigenvalue weighted by Gasteiger charge is -2.22. The first-order valence-electron chi connectivity index (χ1n) is 7.73. The van der Waals surface area contributed by atoms with Crippen LogP contribution >= 0.6 is 0 Å². The molecule has 0 spiro atoms. The van der Waals surface area contributed by atoms with Crippen LogP contribution < -0.4 is 5.32 Å². The maximum Gasteiger partial charge on any atom is 0.126 e. The highest BCUT2D eigenvalue weighted by Crippen LogP contribution is 2.28. The van der Waals surface area contributed by atoms with Gasteiger partial charge in [-0.25, -0.2) is 4.39 Å². The third-order valence-electron chi connectivity index (χ3n) is 3.86. The van der Waals surface area contributed by atoms with Crippen molar-refractivity contribution in [3.8, 4) is 0 Å². The first kappa shape index (κ1) is 15.5. The summed E-state index contributed by atoms with van der Waals surface area (Å²) in [5, 5.41) is 3.46. The van der Waals surface area contributed by atoms with Gasteiger partial charge in [0.15, 0.2) is 0 Å². The van der Waals surface area contributed by atoms with Crippen LogP contribution in [0.1, 0.15) is 44.6 Å². The quantitative estimate of drug-likeness (QED) is 0.821. The molecule has 1 fully saturated rings. The van der Waals surface area contributed by atoms with E-state index in [-0.39, 0.29) is 11.7 Å². The van der Waals surface area contributed by atoms with Gasteiger partial charge in [0, 0.05) is 19.1 Å². The molecule has 0 aromatic heterocycles. The summed E-state index contributed by atoms with van der Waals surface area (Å²) >= 11 is 0. The van der Waals surface area contributed by atoms with Crippen molar-refractivity contribution in [3.05, 3.63) is 35.6 Å². The van der Waals surface area contributed by atoms with Crippen LogP contribution in [0.25, 0.3) is 0 Å². The molecule has 0 saturated carbocycles. The van der Waals surface area contributed by atoms with Crippen molar-refractivity contribution < 1.29 is 9.13 Å². The van der Waals surface area contributed by atoms with Crippen LogP contribution in [-0.2, 0) is 4.74 Å². The number of benzene rings is 1. The molecule has 2 rings (SSSR count). The largest absolute Gasteiger partial charge is 0.378 e. The molecule has 0 radical (unpaired) electrons. The van der Waals surface area contributed by atoms with E-state index in [1.54, 1.807) is 12.1 Å². The Labute approximate surface area is 121 Å². The molecule has 1 saturated heterocycles. The Morgan fingerprint density at radius 1 is 1.30 bits per heavy atom. The monoisotopic (exact) mass is 279 g/mol. The number of hydrogen-bond donors (Lipinski definition) is 1. The summed E-state index contributed by atoms with van der Waals surface area (Å²) in [7, 11) is 0. The zero-order valence-corrected chi connectivity index (χ0v) is 12.6. The minimum Gasteiger partial charge on any atom is -0.378 e. The second-order valence-corrected chi connectivity index (χ2v) is 6.14. The summed E-state index contributed by atoms with van der Waals surface area (Å²) in [6.45, 7) is 7.01. The maximum absolute atomic E-state index is 14.0. The van der Waals surface area contributed by atoms with Crippen LogP contribution in [0, 0.1) is 11.7 Å². The van der Waals surface area contributed by atoms with E-state index in [9.17, 15) is 4.39 Å². The molecule has 2 nitrogen and oxygen atoms in total. The van der Waals surface area contributed by atoms with Gasteiger partial charge in [0.1, 0.15) is 5.82 Å². The van der Waals surface area contributed by atoms with Gasteiger partial charge < -0.3 is 10.1 Å². The molecule has 2 atom stereocenters. The lowest BCUT2D eigenvalue weighted by atomic mass is 9.91. The van der Waals surface area contributed by atoms with Crippen molar-refractivity contribution in [2.45, 2.75) is 45.1 Å². The molecule has 0 aliphatic carbocycles. The average Bonchev–Trinajstić information content (AvgIpc) is 2.91. The Balaban J connectivity index is 2.00. The molecule has 1 N–H and O–H groups in total. The fourth-order valence-corrected chi connectivity index (χ4v) is 2.82. The van der Waals surface area contributed by atoms with Crippen molar-refractivity contribution in [3.63, 3.8) is 0 Å². The van der Waals surface area contributed by atoms with Crippen molar-refractivity contribution in [2.24, 2.45) is 5.92 Å². The molecule has 1 aromatic rings. The third-order valence-corrected chi connectivity index (χ3v) is 3.86. The van der Waals surface area contributed by atoms with E-state index < -0.39 is 0 Å². The third kappa shape index (κ3) is 4.57. The summed E-state index contributed by atoms with van der Waals surface area (Å²) in [6.07, 6.45) is 3.44. The zero-order chi connectivity index (χ0) is 14.4. The highest BCUT2D eigenvalue weighted by atomic mass is 19.1. The molecule has 1 heterocycles. The first-order valence-corrected chi connectivity index (χ1v) is 7.73. The predicted octanol–water partition coefficient (Wildman–Crippen LogP) is 3.72. The minimum atomic E-state index is -0.0955. The Bertz CT molecular complexity index is 402. The van der Waals surface area contributed by atoms with Gasteiger partial charge in [-0.05, 0) is 43.4 Å². The molecule has 1 aromatic carbocycles. The molecule has 1 aliphatic heterocycles. The van der Waals surface area contributed by atoms with Crippen LogP contribution in [0.4, 0.5) is 4.39 Å². The fraction of sp³-hybridized carbons (Fsp3) is 0.647. The van der Waals surface area contributed by atoms with Crippen molar-refractivity contribution in [1.29, 1.82) is 0 Å². The van der Waals surface area contributed by atoms with Gasteiger partial charge in [-0.15, -0.1) is 0 Å². The first-order chi connectivity index (χ1) is 9.66. The number of ether oxygens (including phenoxy) is 1. The van der Waals surface area contributed by atoms with Crippen molar-refractivity contribution in [1.82, 2.24) is 5.32 Å². The number of rotatable bonds is 7. The second kappa shape index (κ2) is 7.75. The smallest absolute Gasteiger partial charge is 0.126 e. The summed E-state index contributed by atoms with van der Waals surface area (Å²) in [4.78, 5) is 0. The maximum atomic E-state index is 14.0. The van der Waals surface area contributed by atoms with Gasteiger partial charge in [0.25, 0.3) is 0 Å². The number of halogens is 1. The van der Waals surface area contributed by atoms with E-state index in [4.69, 9.17) is 4.74 Å². The van der Waals surface area contributed by atoms with Gasteiger partial charge >= 0.3 is 0 Å². The summed E-state index contributed by atoms with van der Waals surface area (Å²) in [5.41, 5.74) is 0.819. The average molecular weight is 279 g/mol. The Kier molecular flexibility index (Phi) is 5.99. The van der Waals surface area contributed by atoms with E-state index in [0.29, 0.717) is 12.0 Å². The summed E-state index contributed by atoms with van der Waals surface area (Å²) < 4.78 is 19.8. The Morgan fingerprint density at radius 2 is 2.10 bits per heavy atom. The molecule has 0 amide bonds. The molecule has 2 unspecified atom stereocenters. The zero-order valence-electron chi connectivity index (χ0n) is 12.6. The molecular formula is C17H26FNO. The molecule has 0 bridgehead atoms. The van der Waals surface area contributed by atoms with Crippen molar-refractivity contribution in [2.75, 3.05) is 19.7 Å². The van der Waals surface area contributed by atoms with Crippen LogP contribution in [0.15, 0.2) is 24.3 Å². The fourth-order valence-electron chi connectivity index (χ4n) is 2.82. The van der Waals surface area contributed by atoms with E-state index in [2.05, 4.69) is 19.2 Å². The van der Waals surface area contributed by atoms with Gasteiger partial charge in [-0.3, -0.25) is 0 Å². The van der Waals surface area contributed by atoms with Crippen LogP contribution in [0.5, 0.6) is 0 Å². The van der Waals surface area contributed by atoms with Crippen LogP contribution in [-0.4, -0.2) is 25.8 Å². The van der Waals surface area contributed by atoms with E-state index in [0.717, 1.165) is 44.5 Å². The lowest BCUT2D eigenvalue weighted by Crippen LogP contribution is -2.28. The van der Waals surface area contributed by atoms with Crippen LogP contribution in [0.3, 0.4) is 0 Å². The molecule has 20 heavy (non-hydrogen) atoms. The van der Waals surface area contributed by atoms with E-state index >= 15 is 0 Å². The highest BCUT2D eigenvalue weighted by Gasteiger charge is 2.23. The van der Waals surface area contributed by atoms with Crippen molar-refractivity contribution >= 4 is 0 Å². The predicted molar refractivity (Wildman–Crippen MR) is 80.4 cm³/mol. The SMILES string of the molecule is CC(C)CNCC(CC1CCCO1)c1ccccc1F. The molecule has 1 aliphatic rings. The lowest BCUT2D eigenvalue weighted by molar-refractivity contribution is 0.0973. The highest BCUT2D eigenvalue weighted by molar-refractivity contribution is 5.22. The standard InChI is InChI=1S/C17H26FNO/c1-13(2)11-19-12-14(10-15-6-5-9-20-15)16-7-3-4-8-17(16)18/h3-4,7-8,13-15,19H,5-6,9-12H2,1-2H3. The Morgan fingerprint density at radius 3 is 2.75 bits per heavy atom. The van der Waals surface area contributed by atoms with Gasteiger partial charge in [0.05, 0.1) is 6.10 Å². The Hall–Kier alpha value is -0.930. The van der Waals surface area contributed by atoms with Crippen LogP contribution in [0.2, 0.25) is 0 Å². The number of hydrogen-bond acceptors (Lipinski definition) is 2. The molecular weight excluding hydrogens is 253 g/mol. The van der Waals surface area contributed by atoms with Gasteiger partial charge in [-0.2, -0.15) is 0 Å². The van der Waals surface area contributed by atoms with Gasteiger partial charge in [-0.1, -0.05) is 32.0 Å². The van der Waals surface area contributed by atoms with E-state index in [1.165, 1.54) is 0 Å². The topological polar surface area (TPSA) is 21.3 Å². The molecule has 3 heteroatoms. The minimum absolute atomic E-state index is 0.0955.